The van der Waals surface area contributed by atoms with Gasteiger partial charge in [0.25, 0.3) is 0 Å². The number of carbonyl (C=O) groups is 1. The molecule has 0 spiro atoms. The largest absolute Gasteiger partial charge is 0.490 e. The summed E-state index contributed by atoms with van der Waals surface area (Å²) in [6.07, 6.45) is 0. The van der Waals surface area contributed by atoms with Crippen LogP contribution in [0.1, 0.15) is 18.5 Å². The van der Waals surface area contributed by atoms with Crippen molar-refractivity contribution in [2.45, 2.75) is 13.0 Å². The van der Waals surface area contributed by atoms with E-state index in [4.69, 9.17) is 32.7 Å². The zero-order chi connectivity index (χ0) is 18.2. The van der Waals surface area contributed by atoms with Crippen LogP contribution in [0.5, 0.6) is 5.75 Å². The summed E-state index contributed by atoms with van der Waals surface area (Å²) in [5, 5.41) is 6.68. The van der Waals surface area contributed by atoms with Crippen molar-refractivity contribution < 1.29 is 14.3 Å². The predicted molar refractivity (Wildman–Crippen MR) is 101 cm³/mol. The molecule has 0 heterocycles. The number of halogens is 2. The quantitative estimate of drug-likeness (QED) is 0.669. The van der Waals surface area contributed by atoms with Gasteiger partial charge < -0.3 is 20.1 Å². The summed E-state index contributed by atoms with van der Waals surface area (Å²) in [6, 6.07) is 11.9. The number of anilines is 1. The van der Waals surface area contributed by atoms with Crippen molar-refractivity contribution in [3.8, 4) is 5.75 Å². The molecule has 2 amide bonds. The van der Waals surface area contributed by atoms with Crippen molar-refractivity contribution in [3.05, 3.63) is 58.1 Å². The lowest BCUT2D eigenvalue weighted by molar-refractivity contribution is 0.146. The number of urea groups is 1. The van der Waals surface area contributed by atoms with E-state index in [1.165, 1.54) is 0 Å². The Labute approximate surface area is 157 Å². The average molecular weight is 383 g/mol. The molecular weight excluding hydrogens is 363 g/mol. The maximum Gasteiger partial charge on any atom is 0.319 e. The van der Waals surface area contributed by atoms with E-state index in [0.717, 1.165) is 5.56 Å². The van der Waals surface area contributed by atoms with Gasteiger partial charge in [-0.1, -0.05) is 35.3 Å². The van der Waals surface area contributed by atoms with Crippen molar-refractivity contribution >= 4 is 34.9 Å². The van der Waals surface area contributed by atoms with Gasteiger partial charge in [-0.05, 0) is 42.8 Å². The van der Waals surface area contributed by atoms with E-state index in [9.17, 15) is 4.79 Å². The summed E-state index contributed by atoms with van der Waals surface area (Å²) in [5.74, 6) is 0.541. The van der Waals surface area contributed by atoms with Crippen LogP contribution in [0, 0.1) is 0 Å². The van der Waals surface area contributed by atoms with Crippen LogP contribution in [0.15, 0.2) is 42.5 Å². The Bertz CT molecular complexity index is 708. The monoisotopic (exact) mass is 382 g/mol. The molecule has 134 valence electrons. The lowest BCUT2D eigenvalue weighted by Crippen LogP contribution is -2.31. The SMILES string of the molecule is COCCOc1ccc(NC(=O)NC(C)c2ccc(Cl)cc2)cc1Cl. The maximum absolute atomic E-state index is 12.1. The number of amides is 2. The molecule has 2 rings (SSSR count). The summed E-state index contributed by atoms with van der Waals surface area (Å²) < 4.78 is 10.4. The molecule has 2 aromatic carbocycles. The minimum atomic E-state index is -0.327. The Hall–Kier alpha value is -1.95. The van der Waals surface area contributed by atoms with Crippen LogP contribution in [0.2, 0.25) is 10.0 Å². The first-order valence-electron chi connectivity index (χ1n) is 7.74. The highest BCUT2D eigenvalue weighted by atomic mass is 35.5. The van der Waals surface area contributed by atoms with Gasteiger partial charge >= 0.3 is 6.03 Å². The molecular formula is C18H20Cl2N2O3. The molecule has 2 aromatic rings. The van der Waals surface area contributed by atoms with E-state index in [1.807, 2.05) is 19.1 Å². The average Bonchev–Trinajstić information content (AvgIpc) is 2.57. The van der Waals surface area contributed by atoms with Gasteiger partial charge in [-0.3, -0.25) is 0 Å². The van der Waals surface area contributed by atoms with Crippen molar-refractivity contribution in [2.24, 2.45) is 0 Å². The molecule has 5 nitrogen and oxygen atoms in total. The van der Waals surface area contributed by atoms with Gasteiger partial charge in [0.05, 0.1) is 17.7 Å². The topological polar surface area (TPSA) is 59.6 Å². The van der Waals surface area contributed by atoms with Crippen molar-refractivity contribution in [1.82, 2.24) is 5.32 Å². The molecule has 0 aliphatic carbocycles. The molecule has 1 atom stereocenters. The fourth-order valence-electron chi connectivity index (χ4n) is 2.13. The van der Waals surface area contributed by atoms with E-state index in [-0.39, 0.29) is 12.1 Å². The molecule has 0 saturated heterocycles. The van der Waals surface area contributed by atoms with E-state index < -0.39 is 0 Å². The van der Waals surface area contributed by atoms with Gasteiger partial charge in [0.15, 0.2) is 0 Å². The Balaban J connectivity index is 1.91. The Kier molecular flexibility index (Phi) is 7.37. The van der Waals surface area contributed by atoms with Crippen molar-refractivity contribution in [3.63, 3.8) is 0 Å². The van der Waals surface area contributed by atoms with Crippen LogP contribution < -0.4 is 15.4 Å². The van der Waals surface area contributed by atoms with Crippen LogP contribution in [0.25, 0.3) is 0 Å². The van der Waals surface area contributed by atoms with Crippen LogP contribution in [0.4, 0.5) is 10.5 Å². The van der Waals surface area contributed by atoms with Crippen molar-refractivity contribution in [2.75, 3.05) is 25.6 Å². The second-order valence-electron chi connectivity index (χ2n) is 5.36. The van der Waals surface area contributed by atoms with Gasteiger partial charge in [-0.25, -0.2) is 4.79 Å². The zero-order valence-corrected chi connectivity index (χ0v) is 15.5. The third-order valence-electron chi connectivity index (χ3n) is 3.45. The Morgan fingerprint density at radius 1 is 1.12 bits per heavy atom. The standard InChI is InChI=1S/C18H20Cl2N2O3/c1-12(13-3-5-14(19)6-4-13)21-18(23)22-15-7-8-17(16(20)11-15)25-10-9-24-2/h3-8,11-12H,9-10H2,1-2H3,(H2,21,22,23). The Morgan fingerprint density at radius 2 is 1.84 bits per heavy atom. The summed E-state index contributed by atoms with van der Waals surface area (Å²) in [7, 11) is 1.60. The lowest BCUT2D eigenvalue weighted by Gasteiger charge is -2.16. The normalized spacial score (nSPS) is 11.7. The molecule has 0 fully saturated rings. The minimum absolute atomic E-state index is 0.163. The highest BCUT2D eigenvalue weighted by Gasteiger charge is 2.11. The first-order chi connectivity index (χ1) is 12.0. The summed E-state index contributed by atoms with van der Waals surface area (Å²) in [5.41, 5.74) is 1.53. The first kappa shape index (κ1) is 19.4. The summed E-state index contributed by atoms with van der Waals surface area (Å²) >= 11 is 12.0. The highest BCUT2D eigenvalue weighted by Crippen LogP contribution is 2.27. The molecule has 0 saturated carbocycles. The Morgan fingerprint density at radius 3 is 2.48 bits per heavy atom. The highest BCUT2D eigenvalue weighted by molar-refractivity contribution is 6.32. The molecule has 7 heteroatoms. The zero-order valence-electron chi connectivity index (χ0n) is 14.0. The number of benzene rings is 2. The molecule has 0 bridgehead atoms. The van der Waals surface area contributed by atoms with Gasteiger partial charge in [0.1, 0.15) is 12.4 Å². The molecule has 1 unspecified atom stereocenters. The van der Waals surface area contributed by atoms with Crippen LogP contribution in [0.3, 0.4) is 0 Å². The molecule has 0 aliphatic rings. The molecule has 0 radical (unpaired) electrons. The van der Waals surface area contributed by atoms with E-state index in [0.29, 0.717) is 34.7 Å². The minimum Gasteiger partial charge on any atom is -0.490 e. The third-order valence-corrected chi connectivity index (χ3v) is 4.00. The van der Waals surface area contributed by atoms with Crippen LogP contribution in [-0.2, 0) is 4.74 Å². The van der Waals surface area contributed by atoms with Gasteiger partial charge in [0, 0.05) is 17.8 Å². The van der Waals surface area contributed by atoms with Crippen LogP contribution in [-0.4, -0.2) is 26.4 Å². The third kappa shape index (κ3) is 6.12. The van der Waals surface area contributed by atoms with E-state index in [1.54, 1.807) is 37.4 Å². The van der Waals surface area contributed by atoms with Gasteiger partial charge in [0.2, 0.25) is 0 Å². The number of nitrogens with one attached hydrogen (secondary N) is 2. The number of ether oxygens (including phenoxy) is 2. The molecule has 2 N–H and O–H groups in total. The van der Waals surface area contributed by atoms with Gasteiger partial charge in [-0.15, -0.1) is 0 Å². The second kappa shape index (κ2) is 9.51. The maximum atomic E-state index is 12.1. The fraction of sp³-hybridized carbons (Fsp3) is 0.278. The number of hydrogen-bond acceptors (Lipinski definition) is 3. The smallest absolute Gasteiger partial charge is 0.319 e. The molecule has 25 heavy (non-hydrogen) atoms. The summed E-state index contributed by atoms with van der Waals surface area (Å²) in [4.78, 5) is 12.1. The predicted octanol–water partition coefficient (Wildman–Crippen LogP) is 4.90. The molecule has 0 aliphatic heterocycles. The fourth-order valence-corrected chi connectivity index (χ4v) is 2.49. The van der Waals surface area contributed by atoms with Gasteiger partial charge in [-0.2, -0.15) is 0 Å². The summed E-state index contributed by atoms with van der Waals surface area (Å²) in [6.45, 7) is 2.77. The number of hydrogen-bond donors (Lipinski definition) is 2. The molecule has 0 aromatic heterocycles. The van der Waals surface area contributed by atoms with E-state index >= 15 is 0 Å². The second-order valence-corrected chi connectivity index (χ2v) is 6.20. The lowest BCUT2D eigenvalue weighted by atomic mass is 10.1. The first-order valence-corrected chi connectivity index (χ1v) is 8.49. The van der Waals surface area contributed by atoms with Crippen molar-refractivity contribution in [1.29, 1.82) is 0 Å². The number of rotatable bonds is 7. The van der Waals surface area contributed by atoms with E-state index in [2.05, 4.69) is 10.6 Å². The number of methoxy groups -OCH3 is 1. The number of carbonyl (C=O) groups excluding carboxylic acids is 1. The van der Waals surface area contributed by atoms with Crippen LogP contribution >= 0.6 is 23.2 Å².